The number of piperidine rings is 1. The second-order valence-corrected chi connectivity index (χ2v) is 5.10. The van der Waals surface area contributed by atoms with Crippen molar-refractivity contribution in [3.05, 3.63) is 0 Å². The van der Waals surface area contributed by atoms with Crippen LogP contribution >= 0.6 is 0 Å². The fourth-order valence-electron chi connectivity index (χ4n) is 2.59. The predicted octanol–water partition coefficient (Wildman–Crippen LogP) is 1.61. The standard InChI is InChI=1S/C12H22N2O2/c1-2-3-7-16-11(15)14-9-12(10-14)5-4-6-13-8-12/h13H,2-10H2,1H3. The highest BCUT2D eigenvalue weighted by atomic mass is 16.6. The Labute approximate surface area is 97.3 Å². The summed E-state index contributed by atoms with van der Waals surface area (Å²) >= 11 is 0. The van der Waals surface area contributed by atoms with Gasteiger partial charge in [-0.2, -0.15) is 0 Å². The van der Waals surface area contributed by atoms with E-state index in [-0.39, 0.29) is 6.09 Å². The number of hydrogen-bond acceptors (Lipinski definition) is 3. The zero-order valence-electron chi connectivity index (χ0n) is 10.1. The second kappa shape index (κ2) is 5.04. The molecular weight excluding hydrogens is 204 g/mol. The molecule has 2 saturated heterocycles. The van der Waals surface area contributed by atoms with Crippen LogP contribution in [0.4, 0.5) is 4.79 Å². The average Bonchev–Trinajstić information content (AvgIpc) is 2.27. The summed E-state index contributed by atoms with van der Waals surface area (Å²) < 4.78 is 5.19. The van der Waals surface area contributed by atoms with E-state index >= 15 is 0 Å². The van der Waals surface area contributed by atoms with Gasteiger partial charge in [-0.25, -0.2) is 4.79 Å². The lowest BCUT2D eigenvalue weighted by Crippen LogP contribution is -2.63. The minimum atomic E-state index is -0.121. The van der Waals surface area contributed by atoms with Crippen LogP contribution in [0.3, 0.4) is 0 Å². The number of nitrogens with zero attached hydrogens (tertiary/aromatic N) is 1. The van der Waals surface area contributed by atoms with Gasteiger partial charge in [0.15, 0.2) is 0 Å². The molecule has 0 atom stereocenters. The molecule has 1 spiro atoms. The van der Waals surface area contributed by atoms with Crippen molar-refractivity contribution in [1.82, 2.24) is 10.2 Å². The SMILES string of the molecule is CCCCOC(=O)N1CC2(CCCNC2)C1. The minimum absolute atomic E-state index is 0.121. The molecule has 2 fully saturated rings. The van der Waals surface area contributed by atoms with E-state index in [1.807, 2.05) is 4.90 Å². The summed E-state index contributed by atoms with van der Waals surface area (Å²) in [5.74, 6) is 0. The zero-order chi connectivity index (χ0) is 11.4. The van der Waals surface area contributed by atoms with Gasteiger partial charge in [0.05, 0.1) is 6.61 Å². The molecule has 4 heteroatoms. The van der Waals surface area contributed by atoms with E-state index in [1.165, 1.54) is 12.8 Å². The van der Waals surface area contributed by atoms with Crippen molar-refractivity contribution in [2.24, 2.45) is 5.41 Å². The van der Waals surface area contributed by atoms with Gasteiger partial charge in [0, 0.05) is 25.0 Å². The van der Waals surface area contributed by atoms with Gasteiger partial charge >= 0.3 is 6.09 Å². The van der Waals surface area contributed by atoms with Crippen molar-refractivity contribution in [2.75, 3.05) is 32.8 Å². The second-order valence-electron chi connectivity index (χ2n) is 5.10. The summed E-state index contributed by atoms with van der Waals surface area (Å²) in [6.45, 7) is 6.61. The lowest BCUT2D eigenvalue weighted by atomic mass is 9.74. The van der Waals surface area contributed by atoms with Crippen LogP contribution in [0.2, 0.25) is 0 Å². The van der Waals surface area contributed by atoms with Crippen LogP contribution in [0.1, 0.15) is 32.6 Å². The number of amides is 1. The van der Waals surface area contributed by atoms with Crippen LogP contribution in [0, 0.1) is 5.41 Å². The molecule has 2 rings (SSSR count). The highest BCUT2D eigenvalue weighted by Gasteiger charge is 2.46. The van der Waals surface area contributed by atoms with Crippen molar-refractivity contribution >= 4 is 6.09 Å². The molecule has 0 aliphatic carbocycles. The maximum Gasteiger partial charge on any atom is 0.409 e. The van der Waals surface area contributed by atoms with E-state index in [0.717, 1.165) is 39.0 Å². The Morgan fingerprint density at radius 2 is 2.31 bits per heavy atom. The van der Waals surface area contributed by atoms with E-state index in [0.29, 0.717) is 12.0 Å². The van der Waals surface area contributed by atoms with E-state index in [1.54, 1.807) is 0 Å². The van der Waals surface area contributed by atoms with Crippen molar-refractivity contribution in [2.45, 2.75) is 32.6 Å². The Kier molecular flexibility index (Phi) is 3.69. The molecule has 92 valence electrons. The molecular formula is C12H22N2O2. The summed E-state index contributed by atoms with van der Waals surface area (Å²) in [6, 6.07) is 0. The fourth-order valence-corrected chi connectivity index (χ4v) is 2.59. The third-order valence-corrected chi connectivity index (χ3v) is 3.59. The van der Waals surface area contributed by atoms with Crippen molar-refractivity contribution in [1.29, 1.82) is 0 Å². The Morgan fingerprint density at radius 1 is 1.50 bits per heavy atom. The van der Waals surface area contributed by atoms with Gasteiger partial charge < -0.3 is 15.0 Å². The number of carbonyl (C=O) groups is 1. The third kappa shape index (κ3) is 2.48. The van der Waals surface area contributed by atoms with E-state index in [9.17, 15) is 4.79 Å². The van der Waals surface area contributed by atoms with Crippen LogP contribution in [0.5, 0.6) is 0 Å². The molecule has 1 amide bonds. The molecule has 2 aliphatic rings. The Morgan fingerprint density at radius 3 is 2.94 bits per heavy atom. The molecule has 16 heavy (non-hydrogen) atoms. The quantitative estimate of drug-likeness (QED) is 0.743. The maximum absolute atomic E-state index is 11.6. The minimum Gasteiger partial charge on any atom is -0.449 e. The largest absolute Gasteiger partial charge is 0.449 e. The highest BCUT2D eigenvalue weighted by molar-refractivity contribution is 5.69. The van der Waals surface area contributed by atoms with Gasteiger partial charge in [0.25, 0.3) is 0 Å². The Balaban J connectivity index is 1.68. The maximum atomic E-state index is 11.6. The first kappa shape index (κ1) is 11.7. The first-order valence-corrected chi connectivity index (χ1v) is 6.38. The first-order chi connectivity index (χ1) is 7.76. The van der Waals surface area contributed by atoms with Crippen LogP contribution in [0.15, 0.2) is 0 Å². The summed E-state index contributed by atoms with van der Waals surface area (Å²) in [7, 11) is 0. The van der Waals surface area contributed by atoms with Crippen LogP contribution in [0.25, 0.3) is 0 Å². The number of unbranched alkanes of at least 4 members (excludes halogenated alkanes) is 1. The van der Waals surface area contributed by atoms with Crippen molar-refractivity contribution < 1.29 is 9.53 Å². The van der Waals surface area contributed by atoms with Crippen LogP contribution < -0.4 is 5.32 Å². The topological polar surface area (TPSA) is 41.6 Å². The molecule has 4 nitrogen and oxygen atoms in total. The van der Waals surface area contributed by atoms with Crippen molar-refractivity contribution in [3.8, 4) is 0 Å². The number of ether oxygens (including phenoxy) is 1. The van der Waals surface area contributed by atoms with Gasteiger partial charge in [-0.3, -0.25) is 0 Å². The molecule has 0 radical (unpaired) electrons. The molecule has 1 N–H and O–H groups in total. The van der Waals surface area contributed by atoms with E-state index in [2.05, 4.69) is 12.2 Å². The molecule has 0 aromatic heterocycles. The van der Waals surface area contributed by atoms with Crippen LogP contribution in [-0.4, -0.2) is 43.8 Å². The summed E-state index contributed by atoms with van der Waals surface area (Å²) in [4.78, 5) is 13.4. The number of rotatable bonds is 3. The Bertz CT molecular complexity index is 241. The first-order valence-electron chi connectivity index (χ1n) is 6.38. The number of likely N-dealkylation sites (tertiary alicyclic amines) is 1. The Hall–Kier alpha value is -0.770. The molecule has 0 bridgehead atoms. The monoisotopic (exact) mass is 226 g/mol. The van der Waals surface area contributed by atoms with Gasteiger partial charge in [-0.05, 0) is 25.8 Å². The average molecular weight is 226 g/mol. The number of carbonyl (C=O) groups excluding carboxylic acids is 1. The highest BCUT2D eigenvalue weighted by Crippen LogP contribution is 2.36. The lowest BCUT2D eigenvalue weighted by Gasteiger charge is -2.51. The normalized spacial score (nSPS) is 22.9. The summed E-state index contributed by atoms with van der Waals surface area (Å²) in [6.07, 6.45) is 4.40. The molecule has 0 unspecified atom stereocenters. The van der Waals surface area contributed by atoms with Gasteiger partial charge in [0.2, 0.25) is 0 Å². The summed E-state index contributed by atoms with van der Waals surface area (Å²) in [5.41, 5.74) is 0.363. The lowest BCUT2D eigenvalue weighted by molar-refractivity contribution is -0.0172. The van der Waals surface area contributed by atoms with Gasteiger partial charge in [-0.1, -0.05) is 13.3 Å². The molecule has 0 saturated carbocycles. The van der Waals surface area contributed by atoms with E-state index < -0.39 is 0 Å². The molecule has 2 aliphatic heterocycles. The molecule has 0 aromatic rings. The predicted molar refractivity (Wildman–Crippen MR) is 62.4 cm³/mol. The van der Waals surface area contributed by atoms with Gasteiger partial charge in [0.1, 0.15) is 0 Å². The van der Waals surface area contributed by atoms with Crippen molar-refractivity contribution in [3.63, 3.8) is 0 Å². The molecule has 0 aromatic carbocycles. The zero-order valence-corrected chi connectivity index (χ0v) is 10.1. The molecule has 2 heterocycles. The smallest absolute Gasteiger partial charge is 0.409 e. The number of hydrogen-bond donors (Lipinski definition) is 1. The number of nitrogens with one attached hydrogen (secondary N) is 1. The summed E-state index contributed by atoms with van der Waals surface area (Å²) in [5, 5.41) is 3.41. The van der Waals surface area contributed by atoms with E-state index in [4.69, 9.17) is 4.74 Å². The van der Waals surface area contributed by atoms with Gasteiger partial charge in [-0.15, -0.1) is 0 Å². The fraction of sp³-hybridized carbons (Fsp3) is 0.917. The third-order valence-electron chi connectivity index (χ3n) is 3.59. The van der Waals surface area contributed by atoms with Crippen LogP contribution in [-0.2, 0) is 4.74 Å².